The van der Waals surface area contributed by atoms with Crippen LogP contribution in [-0.4, -0.2) is 44.3 Å². The fraction of sp³-hybridized carbons (Fsp3) is 0.286. The molecule has 3 aromatic rings. The number of hydrogen-bond acceptors (Lipinski definition) is 4. The second-order valence-corrected chi connectivity index (χ2v) is 12.0. The average molecular weight is 605 g/mol. The zero-order chi connectivity index (χ0) is 27.9. The Hall–Kier alpha value is -3.24. The molecule has 38 heavy (non-hydrogen) atoms. The van der Waals surface area contributed by atoms with Crippen molar-refractivity contribution in [3.63, 3.8) is 0 Å². The van der Waals surface area contributed by atoms with Crippen molar-refractivity contribution < 1.29 is 22.4 Å². The number of anilines is 1. The van der Waals surface area contributed by atoms with Crippen LogP contribution in [-0.2, 0) is 26.2 Å². The zero-order valence-electron chi connectivity index (χ0n) is 21.5. The molecular weight excluding hydrogens is 573 g/mol. The summed E-state index contributed by atoms with van der Waals surface area (Å²) in [6.07, 6.45) is 0. The lowest BCUT2D eigenvalue weighted by Gasteiger charge is -2.32. The van der Waals surface area contributed by atoms with Crippen molar-refractivity contribution in [1.29, 1.82) is 0 Å². The number of amides is 2. The van der Waals surface area contributed by atoms with Gasteiger partial charge in [0.1, 0.15) is 18.4 Å². The predicted molar refractivity (Wildman–Crippen MR) is 149 cm³/mol. The first-order valence-corrected chi connectivity index (χ1v) is 14.4. The molecule has 0 unspecified atom stereocenters. The van der Waals surface area contributed by atoms with E-state index >= 15 is 0 Å². The molecule has 0 fully saturated rings. The summed E-state index contributed by atoms with van der Waals surface area (Å²) < 4.78 is 43.6. The first-order chi connectivity index (χ1) is 18.0. The van der Waals surface area contributed by atoms with Crippen molar-refractivity contribution in [3.05, 3.63) is 94.7 Å². The van der Waals surface area contributed by atoms with Crippen LogP contribution in [0.5, 0.6) is 0 Å². The van der Waals surface area contributed by atoms with Crippen LogP contribution in [0.4, 0.5) is 10.1 Å². The van der Waals surface area contributed by atoms with Gasteiger partial charge in [-0.1, -0.05) is 66.2 Å². The van der Waals surface area contributed by atoms with Gasteiger partial charge in [-0.25, -0.2) is 12.8 Å². The van der Waals surface area contributed by atoms with E-state index in [1.165, 1.54) is 35.2 Å². The Morgan fingerprint density at radius 1 is 0.921 bits per heavy atom. The van der Waals surface area contributed by atoms with Gasteiger partial charge < -0.3 is 10.2 Å². The molecular formula is C28H31BrFN3O4S. The molecule has 0 aliphatic carbocycles. The van der Waals surface area contributed by atoms with Gasteiger partial charge in [0.25, 0.3) is 10.0 Å². The molecule has 0 aromatic heterocycles. The zero-order valence-corrected chi connectivity index (χ0v) is 23.9. The van der Waals surface area contributed by atoms with Crippen molar-refractivity contribution in [2.45, 2.75) is 38.3 Å². The average Bonchev–Trinajstić information content (AvgIpc) is 2.90. The summed E-state index contributed by atoms with van der Waals surface area (Å²) in [5.74, 6) is -1.40. The molecule has 0 spiro atoms. The number of rotatable bonds is 11. The lowest BCUT2D eigenvalue weighted by Crippen LogP contribution is -2.51. The molecule has 3 aromatic carbocycles. The lowest BCUT2D eigenvalue weighted by atomic mass is 10.1. The van der Waals surface area contributed by atoms with Crippen LogP contribution in [0.3, 0.4) is 0 Å². The number of hydrogen-bond donors (Lipinski definition) is 1. The van der Waals surface area contributed by atoms with Gasteiger partial charge in [-0.15, -0.1) is 0 Å². The molecule has 0 saturated carbocycles. The monoisotopic (exact) mass is 603 g/mol. The van der Waals surface area contributed by atoms with Gasteiger partial charge >= 0.3 is 0 Å². The Morgan fingerprint density at radius 3 is 2.13 bits per heavy atom. The molecule has 0 bridgehead atoms. The second kappa shape index (κ2) is 13.0. The van der Waals surface area contributed by atoms with E-state index < -0.39 is 40.2 Å². The highest BCUT2D eigenvalue weighted by molar-refractivity contribution is 9.10. The number of nitrogens with one attached hydrogen (secondary N) is 1. The van der Waals surface area contributed by atoms with E-state index in [0.29, 0.717) is 6.54 Å². The minimum atomic E-state index is -4.15. The minimum Gasteiger partial charge on any atom is -0.354 e. The maximum atomic E-state index is 14.6. The summed E-state index contributed by atoms with van der Waals surface area (Å²) in [6.45, 7) is 5.04. The van der Waals surface area contributed by atoms with Crippen molar-refractivity contribution in [2.24, 2.45) is 5.92 Å². The Kier molecular flexibility index (Phi) is 10.0. The first kappa shape index (κ1) is 29.3. The van der Waals surface area contributed by atoms with Gasteiger partial charge in [-0.3, -0.25) is 13.9 Å². The maximum Gasteiger partial charge on any atom is 0.264 e. The lowest BCUT2D eigenvalue weighted by molar-refractivity contribution is -0.139. The van der Waals surface area contributed by atoms with E-state index in [1.54, 1.807) is 55.5 Å². The van der Waals surface area contributed by atoms with Gasteiger partial charge in [0.15, 0.2) is 0 Å². The number of nitrogens with zero attached hydrogens (tertiary/aromatic N) is 2. The number of carbonyl (C=O) groups is 2. The van der Waals surface area contributed by atoms with Crippen LogP contribution in [0, 0.1) is 11.7 Å². The normalized spacial score (nSPS) is 12.2. The Labute approximate surface area is 231 Å². The third-order valence-corrected chi connectivity index (χ3v) is 8.19. The summed E-state index contributed by atoms with van der Waals surface area (Å²) >= 11 is 3.34. The minimum absolute atomic E-state index is 0.0131. The van der Waals surface area contributed by atoms with E-state index in [2.05, 4.69) is 21.2 Å². The van der Waals surface area contributed by atoms with E-state index in [9.17, 15) is 22.4 Å². The molecule has 7 nitrogen and oxygen atoms in total. The molecule has 0 radical (unpaired) electrons. The summed E-state index contributed by atoms with van der Waals surface area (Å²) in [5.41, 5.74) is 0.485. The fourth-order valence-corrected chi connectivity index (χ4v) is 5.40. The third kappa shape index (κ3) is 7.41. The number of benzene rings is 3. The third-order valence-electron chi connectivity index (χ3n) is 5.88. The standard InChI is InChI=1S/C28H31BrFN3O4S/c1-20(2)17-31-28(35)21(3)32(18-22-9-7-8-12-26(22)30)27(34)19-33(24-15-13-23(29)14-16-24)38(36,37)25-10-5-4-6-11-25/h4-16,20-21H,17-19H2,1-3H3,(H,31,35)/t21-/m0/s1. The quantitative estimate of drug-likeness (QED) is 0.335. The first-order valence-electron chi connectivity index (χ1n) is 12.1. The highest BCUT2D eigenvalue weighted by Crippen LogP contribution is 2.26. The largest absolute Gasteiger partial charge is 0.354 e. The molecule has 0 aliphatic rings. The summed E-state index contributed by atoms with van der Waals surface area (Å²) in [7, 11) is -4.15. The van der Waals surface area contributed by atoms with E-state index in [0.717, 1.165) is 8.78 Å². The SMILES string of the molecule is CC(C)CNC(=O)[C@H](C)N(Cc1ccccc1F)C(=O)CN(c1ccc(Br)cc1)S(=O)(=O)c1ccccc1. The number of carbonyl (C=O) groups excluding carboxylic acids is 2. The van der Waals surface area contributed by atoms with Crippen molar-refractivity contribution in [1.82, 2.24) is 10.2 Å². The van der Waals surface area contributed by atoms with Crippen LogP contribution >= 0.6 is 15.9 Å². The van der Waals surface area contributed by atoms with Gasteiger partial charge in [-0.05, 0) is 55.3 Å². The van der Waals surface area contributed by atoms with Crippen molar-refractivity contribution in [2.75, 3.05) is 17.4 Å². The van der Waals surface area contributed by atoms with Crippen LogP contribution in [0.1, 0.15) is 26.3 Å². The number of halogens is 2. The molecule has 1 atom stereocenters. The van der Waals surface area contributed by atoms with E-state index in [4.69, 9.17) is 0 Å². The number of sulfonamides is 1. The molecule has 202 valence electrons. The molecule has 1 N–H and O–H groups in total. The van der Waals surface area contributed by atoms with Crippen LogP contribution in [0.2, 0.25) is 0 Å². The van der Waals surface area contributed by atoms with E-state index in [1.807, 2.05) is 13.8 Å². The van der Waals surface area contributed by atoms with Crippen molar-refractivity contribution >= 4 is 43.5 Å². The molecule has 0 saturated heterocycles. The van der Waals surface area contributed by atoms with Crippen LogP contribution in [0.15, 0.2) is 88.2 Å². The van der Waals surface area contributed by atoms with Crippen LogP contribution < -0.4 is 9.62 Å². The Balaban J connectivity index is 2.00. The Bertz CT molecular complexity index is 1350. The highest BCUT2D eigenvalue weighted by Gasteiger charge is 2.32. The van der Waals surface area contributed by atoms with Gasteiger partial charge in [0, 0.05) is 23.1 Å². The van der Waals surface area contributed by atoms with Gasteiger partial charge in [0.2, 0.25) is 11.8 Å². The molecule has 10 heteroatoms. The smallest absolute Gasteiger partial charge is 0.264 e. The molecule has 3 rings (SSSR count). The topological polar surface area (TPSA) is 86.8 Å². The van der Waals surface area contributed by atoms with Gasteiger partial charge in [0.05, 0.1) is 10.6 Å². The summed E-state index contributed by atoms with van der Waals surface area (Å²) in [4.78, 5) is 27.9. The van der Waals surface area contributed by atoms with Gasteiger partial charge in [-0.2, -0.15) is 0 Å². The van der Waals surface area contributed by atoms with Crippen molar-refractivity contribution in [3.8, 4) is 0 Å². The summed E-state index contributed by atoms with van der Waals surface area (Å²) in [6, 6.07) is 19.3. The molecule has 2 amide bonds. The van der Waals surface area contributed by atoms with E-state index in [-0.39, 0.29) is 28.6 Å². The molecule has 0 aliphatic heterocycles. The Morgan fingerprint density at radius 2 is 1.53 bits per heavy atom. The predicted octanol–water partition coefficient (Wildman–Crippen LogP) is 4.97. The van der Waals surface area contributed by atoms with Crippen LogP contribution in [0.25, 0.3) is 0 Å². The highest BCUT2D eigenvalue weighted by atomic mass is 79.9. The second-order valence-electron chi connectivity index (χ2n) is 9.23. The summed E-state index contributed by atoms with van der Waals surface area (Å²) in [5, 5.41) is 2.80. The fourth-order valence-electron chi connectivity index (χ4n) is 3.70. The maximum absolute atomic E-state index is 14.6. The molecule has 0 heterocycles.